The van der Waals surface area contributed by atoms with Crippen molar-refractivity contribution >= 4 is 29.2 Å². The number of carboxylic acid groups (broad SMARTS) is 1. The van der Waals surface area contributed by atoms with E-state index < -0.39 is 11.4 Å². The van der Waals surface area contributed by atoms with Crippen LogP contribution in [0, 0.1) is 5.41 Å². The van der Waals surface area contributed by atoms with Gasteiger partial charge in [0.05, 0.1) is 5.41 Å². The zero-order valence-corrected chi connectivity index (χ0v) is 11.6. The molecule has 1 aromatic rings. The van der Waals surface area contributed by atoms with Gasteiger partial charge in [-0.05, 0) is 43.7 Å². The second-order valence-corrected chi connectivity index (χ2v) is 5.91. The predicted molar refractivity (Wildman–Crippen MR) is 72.1 cm³/mol. The molecule has 0 aliphatic carbocycles. The van der Waals surface area contributed by atoms with E-state index in [4.69, 9.17) is 23.2 Å². The molecule has 1 N–H and O–H groups in total. The molecule has 0 bridgehead atoms. The Balaban J connectivity index is 2.08. The molecule has 1 aromatic carbocycles. The minimum atomic E-state index is -0.734. The molecule has 0 aromatic heterocycles. The van der Waals surface area contributed by atoms with Crippen LogP contribution in [0.5, 0.6) is 0 Å². The second-order valence-electron chi connectivity index (χ2n) is 5.06. The van der Waals surface area contributed by atoms with E-state index in [9.17, 15) is 9.90 Å². The molecule has 0 saturated carbocycles. The van der Waals surface area contributed by atoms with Gasteiger partial charge in [-0.25, -0.2) is 0 Å². The zero-order chi connectivity index (χ0) is 13.3. The van der Waals surface area contributed by atoms with Crippen molar-refractivity contribution in [2.45, 2.75) is 19.9 Å². The fourth-order valence-electron chi connectivity index (χ4n) is 2.27. The summed E-state index contributed by atoms with van der Waals surface area (Å²) in [5, 5.41) is 10.5. The highest BCUT2D eigenvalue weighted by Crippen LogP contribution is 2.32. The van der Waals surface area contributed by atoms with Crippen molar-refractivity contribution in [2.24, 2.45) is 5.41 Å². The van der Waals surface area contributed by atoms with Crippen LogP contribution in [0.1, 0.15) is 18.9 Å². The molecule has 1 saturated heterocycles. The van der Waals surface area contributed by atoms with Crippen molar-refractivity contribution in [3.8, 4) is 0 Å². The number of carboxylic acids is 1. The molecule has 1 heterocycles. The predicted octanol–water partition coefficient (Wildman–Crippen LogP) is 3.29. The smallest absolute Gasteiger partial charge is 0.310 e. The number of hydrogen-bond acceptors (Lipinski definition) is 2. The monoisotopic (exact) mass is 287 g/mol. The Morgan fingerprint density at radius 2 is 2.22 bits per heavy atom. The topological polar surface area (TPSA) is 40.5 Å². The Labute approximate surface area is 116 Å². The molecule has 1 fully saturated rings. The maximum Gasteiger partial charge on any atom is 0.310 e. The lowest BCUT2D eigenvalue weighted by atomic mass is 9.90. The number of likely N-dealkylation sites (tertiary alicyclic amines) is 1. The second kappa shape index (κ2) is 5.08. The first kappa shape index (κ1) is 13.7. The van der Waals surface area contributed by atoms with E-state index in [0.717, 1.165) is 12.1 Å². The molecule has 0 amide bonds. The van der Waals surface area contributed by atoms with Crippen LogP contribution in [-0.4, -0.2) is 29.1 Å². The number of halogens is 2. The van der Waals surface area contributed by atoms with Crippen molar-refractivity contribution in [2.75, 3.05) is 13.1 Å². The van der Waals surface area contributed by atoms with Crippen LogP contribution in [0.4, 0.5) is 0 Å². The van der Waals surface area contributed by atoms with Crippen LogP contribution in [0.15, 0.2) is 18.2 Å². The van der Waals surface area contributed by atoms with Gasteiger partial charge in [-0.15, -0.1) is 0 Å². The van der Waals surface area contributed by atoms with Gasteiger partial charge >= 0.3 is 5.97 Å². The number of aliphatic carboxylic acids is 1. The summed E-state index contributed by atoms with van der Waals surface area (Å²) in [5.74, 6) is -0.734. The van der Waals surface area contributed by atoms with E-state index in [-0.39, 0.29) is 0 Å². The van der Waals surface area contributed by atoms with E-state index in [1.165, 1.54) is 0 Å². The van der Waals surface area contributed by atoms with Gasteiger partial charge in [-0.2, -0.15) is 0 Å². The standard InChI is InChI=1S/C13H15Cl2NO2/c1-13(12(17)18)4-5-16(8-13)7-9-6-10(14)2-3-11(9)15/h2-3,6H,4-5,7-8H2,1H3,(H,17,18). The van der Waals surface area contributed by atoms with Gasteiger partial charge in [-0.1, -0.05) is 23.2 Å². The van der Waals surface area contributed by atoms with Crippen LogP contribution < -0.4 is 0 Å². The summed E-state index contributed by atoms with van der Waals surface area (Å²) in [4.78, 5) is 13.3. The molecule has 3 nitrogen and oxygen atoms in total. The summed E-state index contributed by atoms with van der Waals surface area (Å²) in [7, 11) is 0. The lowest BCUT2D eigenvalue weighted by Gasteiger charge is -2.20. The highest BCUT2D eigenvalue weighted by Gasteiger charge is 2.40. The average Bonchev–Trinajstić information content (AvgIpc) is 2.67. The SMILES string of the molecule is CC1(C(=O)O)CCN(Cc2cc(Cl)ccc2Cl)C1. The zero-order valence-electron chi connectivity index (χ0n) is 10.1. The molecule has 98 valence electrons. The number of nitrogens with zero attached hydrogens (tertiary/aromatic N) is 1. The van der Waals surface area contributed by atoms with E-state index in [1.807, 2.05) is 6.07 Å². The minimum Gasteiger partial charge on any atom is -0.481 e. The van der Waals surface area contributed by atoms with Gasteiger partial charge in [0.15, 0.2) is 0 Å². The summed E-state index contributed by atoms with van der Waals surface area (Å²) in [5.41, 5.74) is 0.296. The third-order valence-corrected chi connectivity index (χ3v) is 4.07. The summed E-state index contributed by atoms with van der Waals surface area (Å²) < 4.78 is 0. The van der Waals surface area contributed by atoms with Gasteiger partial charge < -0.3 is 5.11 Å². The van der Waals surface area contributed by atoms with Crippen molar-refractivity contribution in [3.63, 3.8) is 0 Å². The molecule has 1 aliphatic rings. The Morgan fingerprint density at radius 1 is 1.50 bits per heavy atom. The molecule has 1 unspecified atom stereocenters. The first-order chi connectivity index (χ1) is 8.40. The van der Waals surface area contributed by atoms with Crippen molar-refractivity contribution < 1.29 is 9.90 Å². The van der Waals surface area contributed by atoms with Gasteiger partial charge in [0.1, 0.15) is 0 Å². The quantitative estimate of drug-likeness (QED) is 0.927. The van der Waals surface area contributed by atoms with E-state index in [2.05, 4.69) is 4.90 Å². The Bertz CT molecular complexity index is 478. The fourth-order valence-corrected chi connectivity index (χ4v) is 2.64. The van der Waals surface area contributed by atoms with Gasteiger partial charge in [0, 0.05) is 23.1 Å². The summed E-state index contributed by atoms with van der Waals surface area (Å²) in [6, 6.07) is 5.35. The molecule has 2 rings (SSSR count). The average molecular weight is 288 g/mol. The van der Waals surface area contributed by atoms with E-state index in [0.29, 0.717) is 29.6 Å². The molecule has 0 radical (unpaired) electrons. The largest absolute Gasteiger partial charge is 0.481 e. The summed E-state index contributed by atoms with van der Waals surface area (Å²) in [6.07, 6.45) is 0.667. The lowest BCUT2D eigenvalue weighted by Crippen LogP contribution is -2.31. The van der Waals surface area contributed by atoms with Gasteiger partial charge in [0.25, 0.3) is 0 Å². The Hall–Kier alpha value is -0.770. The van der Waals surface area contributed by atoms with E-state index >= 15 is 0 Å². The lowest BCUT2D eigenvalue weighted by molar-refractivity contribution is -0.147. The van der Waals surface area contributed by atoms with Gasteiger partial charge in [0.2, 0.25) is 0 Å². The van der Waals surface area contributed by atoms with Crippen molar-refractivity contribution in [1.82, 2.24) is 4.90 Å². The molecular formula is C13H15Cl2NO2. The van der Waals surface area contributed by atoms with E-state index in [1.54, 1.807) is 19.1 Å². The molecular weight excluding hydrogens is 273 g/mol. The molecule has 18 heavy (non-hydrogen) atoms. The fraction of sp³-hybridized carbons (Fsp3) is 0.462. The van der Waals surface area contributed by atoms with Crippen LogP contribution >= 0.6 is 23.2 Å². The normalized spacial score (nSPS) is 24.4. The minimum absolute atomic E-state index is 0.547. The summed E-state index contributed by atoms with van der Waals surface area (Å²) in [6.45, 7) is 3.74. The number of rotatable bonds is 3. The Kier molecular flexibility index (Phi) is 3.85. The third kappa shape index (κ3) is 2.79. The molecule has 1 aliphatic heterocycles. The maximum atomic E-state index is 11.2. The molecule has 5 heteroatoms. The maximum absolute atomic E-state index is 11.2. The van der Waals surface area contributed by atoms with Crippen molar-refractivity contribution in [3.05, 3.63) is 33.8 Å². The molecule has 1 atom stereocenters. The highest BCUT2D eigenvalue weighted by atomic mass is 35.5. The third-order valence-electron chi connectivity index (χ3n) is 3.47. The highest BCUT2D eigenvalue weighted by molar-refractivity contribution is 6.33. The number of carbonyl (C=O) groups is 1. The van der Waals surface area contributed by atoms with Crippen molar-refractivity contribution in [1.29, 1.82) is 0 Å². The number of benzene rings is 1. The number of hydrogen-bond donors (Lipinski definition) is 1. The first-order valence-corrected chi connectivity index (χ1v) is 6.56. The van der Waals surface area contributed by atoms with Crippen LogP contribution in [-0.2, 0) is 11.3 Å². The van der Waals surface area contributed by atoms with Crippen LogP contribution in [0.3, 0.4) is 0 Å². The molecule has 0 spiro atoms. The van der Waals surface area contributed by atoms with Crippen LogP contribution in [0.25, 0.3) is 0 Å². The van der Waals surface area contributed by atoms with Gasteiger partial charge in [-0.3, -0.25) is 9.69 Å². The summed E-state index contributed by atoms with van der Waals surface area (Å²) >= 11 is 12.0. The van der Waals surface area contributed by atoms with Crippen LogP contribution in [0.2, 0.25) is 10.0 Å². The first-order valence-electron chi connectivity index (χ1n) is 5.80. The Morgan fingerprint density at radius 3 is 2.83 bits per heavy atom.